The molecule has 0 saturated heterocycles. The minimum atomic E-state index is -0.327. The summed E-state index contributed by atoms with van der Waals surface area (Å²) in [7, 11) is 1.63. The number of methoxy groups -OCH3 is 1. The topological polar surface area (TPSA) is 112 Å². The monoisotopic (exact) mass is 356 g/mol. The lowest BCUT2D eigenvalue weighted by Crippen LogP contribution is -2.32. The number of carbonyl (C=O) groups excluding carboxylic acids is 1. The van der Waals surface area contributed by atoms with Crippen molar-refractivity contribution in [3.8, 4) is 5.69 Å². The van der Waals surface area contributed by atoms with E-state index in [1.165, 1.54) is 6.33 Å². The van der Waals surface area contributed by atoms with Gasteiger partial charge in [0.2, 0.25) is 0 Å². The van der Waals surface area contributed by atoms with Gasteiger partial charge in [-0.3, -0.25) is 0 Å². The number of amides is 2. The summed E-state index contributed by atoms with van der Waals surface area (Å²) in [6, 6.07) is 6.64. The molecule has 26 heavy (non-hydrogen) atoms. The van der Waals surface area contributed by atoms with Crippen molar-refractivity contribution < 1.29 is 9.53 Å². The zero-order valence-corrected chi connectivity index (χ0v) is 14.5. The zero-order valence-electron chi connectivity index (χ0n) is 14.5. The van der Waals surface area contributed by atoms with Crippen molar-refractivity contribution in [1.29, 1.82) is 0 Å². The van der Waals surface area contributed by atoms with Gasteiger partial charge in [-0.1, -0.05) is 0 Å². The molecule has 0 fully saturated rings. The summed E-state index contributed by atoms with van der Waals surface area (Å²) in [4.78, 5) is 16.1. The average molecular weight is 356 g/mol. The van der Waals surface area contributed by atoms with Crippen molar-refractivity contribution in [3.63, 3.8) is 0 Å². The second-order valence-electron chi connectivity index (χ2n) is 5.58. The minimum Gasteiger partial charge on any atom is -0.383 e. The van der Waals surface area contributed by atoms with Gasteiger partial charge < -0.3 is 19.9 Å². The van der Waals surface area contributed by atoms with Gasteiger partial charge in [-0.15, -0.1) is 10.2 Å². The standard InChI is InChI=1S/C16H20N8O2/c1-12(15-22-18-11-23(15)7-8-26-2)20-16(25)21-13-3-5-14(6-4-13)24-10-17-9-19-24/h3-6,9-12H,7-8H2,1-2H3,(H2,20,21,25)/t12-/m1/s1. The number of urea groups is 1. The Morgan fingerprint density at radius 3 is 2.77 bits per heavy atom. The summed E-state index contributed by atoms with van der Waals surface area (Å²) in [5.41, 5.74) is 1.52. The van der Waals surface area contributed by atoms with E-state index in [1.807, 2.05) is 23.6 Å². The summed E-state index contributed by atoms with van der Waals surface area (Å²) in [5.74, 6) is 0.665. The molecular weight excluding hydrogens is 336 g/mol. The molecule has 0 radical (unpaired) electrons. The SMILES string of the molecule is COCCn1cnnc1[C@@H](C)NC(=O)Nc1ccc(-n2cncn2)cc1. The number of anilines is 1. The first kappa shape index (κ1) is 17.5. The van der Waals surface area contributed by atoms with Crippen LogP contribution in [0.15, 0.2) is 43.2 Å². The number of rotatable bonds is 7. The molecule has 2 aromatic heterocycles. The number of hydrogen-bond donors (Lipinski definition) is 2. The number of ether oxygens (including phenoxy) is 1. The van der Waals surface area contributed by atoms with Crippen LogP contribution in [-0.2, 0) is 11.3 Å². The maximum absolute atomic E-state index is 12.2. The Hall–Kier alpha value is -3.27. The predicted octanol–water partition coefficient (Wildman–Crippen LogP) is 1.39. The van der Waals surface area contributed by atoms with Crippen LogP contribution in [-0.4, -0.2) is 49.3 Å². The fourth-order valence-electron chi connectivity index (χ4n) is 2.43. The number of hydrogen-bond acceptors (Lipinski definition) is 6. The highest BCUT2D eigenvalue weighted by Gasteiger charge is 2.15. The van der Waals surface area contributed by atoms with Crippen LogP contribution in [0.1, 0.15) is 18.8 Å². The van der Waals surface area contributed by atoms with Crippen LogP contribution in [0.4, 0.5) is 10.5 Å². The summed E-state index contributed by atoms with van der Waals surface area (Å²) in [6.07, 6.45) is 4.69. The van der Waals surface area contributed by atoms with E-state index in [2.05, 4.69) is 30.9 Å². The molecular formula is C16H20N8O2. The zero-order chi connectivity index (χ0) is 18.4. The summed E-state index contributed by atoms with van der Waals surface area (Å²) < 4.78 is 8.55. The first-order valence-electron chi connectivity index (χ1n) is 8.06. The van der Waals surface area contributed by atoms with Gasteiger partial charge in [0.1, 0.15) is 19.0 Å². The molecule has 2 amide bonds. The lowest BCUT2D eigenvalue weighted by Gasteiger charge is -2.15. The lowest BCUT2D eigenvalue weighted by molar-refractivity contribution is 0.185. The lowest BCUT2D eigenvalue weighted by atomic mass is 10.3. The van der Waals surface area contributed by atoms with Crippen LogP contribution in [0.25, 0.3) is 5.69 Å². The Labute approximate surface area is 150 Å². The molecule has 0 saturated carbocycles. The van der Waals surface area contributed by atoms with Gasteiger partial charge in [0.25, 0.3) is 0 Å². The third-order valence-corrected chi connectivity index (χ3v) is 3.73. The van der Waals surface area contributed by atoms with Gasteiger partial charge >= 0.3 is 6.03 Å². The van der Waals surface area contributed by atoms with Crippen LogP contribution in [0, 0.1) is 0 Å². The van der Waals surface area contributed by atoms with Gasteiger partial charge in [-0.2, -0.15) is 5.10 Å². The molecule has 0 spiro atoms. The molecule has 3 aromatic rings. The van der Waals surface area contributed by atoms with E-state index < -0.39 is 0 Å². The quantitative estimate of drug-likeness (QED) is 0.662. The fourth-order valence-corrected chi connectivity index (χ4v) is 2.43. The number of nitrogens with zero attached hydrogens (tertiary/aromatic N) is 6. The second kappa shape index (κ2) is 8.21. The molecule has 0 aliphatic carbocycles. The van der Waals surface area contributed by atoms with Crippen molar-refractivity contribution in [3.05, 3.63) is 49.1 Å². The van der Waals surface area contributed by atoms with Gasteiger partial charge in [0, 0.05) is 19.3 Å². The molecule has 2 N–H and O–H groups in total. The number of nitrogens with one attached hydrogen (secondary N) is 2. The van der Waals surface area contributed by atoms with Gasteiger partial charge in [0.05, 0.1) is 18.3 Å². The van der Waals surface area contributed by atoms with E-state index in [4.69, 9.17) is 4.74 Å². The van der Waals surface area contributed by atoms with E-state index in [0.29, 0.717) is 24.7 Å². The van der Waals surface area contributed by atoms with E-state index >= 15 is 0 Å². The molecule has 10 nitrogen and oxygen atoms in total. The van der Waals surface area contributed by atoms with E-state index in [9.17, 15) is 4.79 Å². The molecule has 10 heteroatoms. The Morgan fingerprint density at radius 1 is 1.27 bits per heavy atom. The number of aromatic nitrogens is 6. The number of carbonyl (C=O) groups is 1. The maximum atomic E-state index is 12.2. The summed E-state index contributed by atoms with van der Waals surface area (Å²) >= 11 is 0. The van der Waals surface area contributed by atoms with Crippen molar-refractivity contribution in [2.45, 2.75) is 19.5 Å². The molecule has 2 heterocycles. The van der Waals surface area contributed by atoms with Crippen LogP contribution in [0.5, 0.6) is 0 Å². The Kier molecular flexibility index (Phi) is 5.54. The predicted molar refractivity (Wildman–Crippen MR) is 93.8 cm³/mol. The normalized spacial score (nSPS) is 11.9. The fraction of sp³-hybridized carbons (Fsp3) is 0.312. The summed E-state index contributed by atoms with van der Waals surface area (Å²) in [6.45, 7) is 3.01. The van der Waals surface area contributed by atoms with Crippen molar-refractivity contribution in [2.24, 2.45) is 0 Å². The molecule has 0 unspecified atom stereocenters. The van der Waals surface area contributed by atoms with Crippen LogP contribution >= 0.6 is 0 Å². The largest absolute Gasteiger partial charge is 0.383 e. The van der Waals surface area contributed by atoms with Gasteiger partial charge in [0.15, 0.2) is 5.82 Å². The molecule has 0 aliphatic rings. The summed E-state index contributed by atoms with van der Waals surface area (Å²) in [5, 5.41) is 17.7. The van der Waals surface area contributed by atoms with E-state index in [-0.39, 0.29) is 12.1 Å². The highest BCUT2D eigenvalue weighted by molar-refractivity contribution is 5.89. The van der Waals surface area contributed by atoms with Crippen LogP contribution < -0.4 is 10.6 Å². The minimum absolute atomic E-state index is 0.302. The maximum Gasteiger partial charge on any atom is 0.319 e. The Bertz CT molecular complexity index is 828. The van der Waals surface area contributed by atoms with Crippen LogP contribution in [0.2, 0.25) is 0 Å². The van der Waals surface area contributed by atoms with E-state index in [0.717, 1.165) is 5.69 Å². The Morgan fingerprint density at radius 2 is 2.08 bits per heavy atom. The third kappa shape index (κ3) is 4.22. The van der Waals surface area contributed by atoms with Gasteiger partial charge in [-0.25, -0.2) is 14.5 Å². The number of benzene rings is 1. The molecule has 0 aliphatic heterocycles. The molecule has 0 bridgehead atoms. The molecule has 1 aromatic carbocycles. The average Bonchev–Trinajstić information content (AvgIpc) is 3.32. The van der Waals surface area contributed by atoms with E-state index in [1.54, 1.807) is 36.6 Å². The van der Waals surface area contributed by atoms with Crippen molar-refractivity contribution >= 4 is 11.7 Å². The molecule has 1 atom stereocenters. The first-order valence-corrected chi connectivity index (χ1v) is 8.06. The highest BCUT2D eigenvalue weighted by atomic mass is 16.5. The van der Waals surface area contributed by atoms with Crippen molar-refractivity contribution in [1.82, 2.24) is 34.8 Å². The second-order valence-corrected chi connectivity index (χ2v) is 5.58. The Balaban J connectivity index is 1.57. The molecule has 3 rings (SSSR count). The third-order valence-electron chi connectivity index (χ3n) is 3.73. The van der Waals surface area contributed by atoms with Crippen molar-refractivity contribution in [2.75, 3.05) is 19.0 Å². The first-order chi connectivity index (χ1) is 12.7. The molecule has 136 valence electrons. The van der Waals surface area contributed by atoms with Crippen LogP contribution in [0.3, 0.4) is 0 Å². The van der Waals surface area contributed by atoms with Gasteiger partial charge in [-0.05, 0) is 31.2 Å². The smallest absolute Gasteiger partial charge is 0.319 e. The highest BCUT2D eigenvalue weighted by Crippen LogP contribution is 2.13.